The van der Waals surface area contributed by atoms with Gasteiger partial charge in [-0.15, -0.1) is 0 Å². The molecule has 6 nitrogen and oxygen atoms in total. The Hall–Kier alpha value is -2.64. The highest BCUT2D eigenvalue weighted by atomic mass is 32.1. The minimum Gasteiger partial charge on any atom is -0.497 e. The lowest BCUT2D eigenvalue weighted by molar-refractivity contribution is 0.102. The third-order valence-corrected chi connectivity index (χ3v) is 5.82. The van der Waals surface area contributed by atoms with Crippen LogP contribution < -0.4 is 15.0 Å². The molecule has 4 rings (SSSR count). The number of likely N-dealkylation sites (N-methyl/N-ethyl adjacent to an activating group) is 1. The number of ether oxygens (including phenoxy) is 1. The summed E-state index contributed by atoms with van der Waals surface area (Å²) in [6.07, 6.45) is 0. The summed E-state index contributed by atoms with van der Waals surface area (Å²) in [5.74, 6) is 0.509. The quantitative estimate of drug-likeness (QED) is 0.750. The van der Waals surface area contributed by atoms with Gasteiger partial charge in [-0.25, -0.2) is 4.98 Å². The molecule has 1 aliphatic heterocycles. The first-order chi connectivity index (χ1) is 13.1. The van der Waals surface area contributed by atoms with E-state index in [2.05, 4.69) is 22.2 Å². The van der Waals surface area contributed by atoms with Crippen molar-refractivity contribution in [2.24, 2.45) is 0 Å². The van der Waals surface area contributed by atoms with Crippen LogP contribution in [0.1, 0.15) is 10.4 Å². The number of thiazole rings is 1. The van der Waals surface area contributed by atoms with Gasteiger partial charge in [0.15, 0.2) is 5.13 Å². The number of aromatic nitrogens is 1. The third kappa shape index (κ3) is 3.89. The summed E-state index contributed by atoms with van der Waals surface area (Å²) in [6.45, 7) is 4.10. The number of hydrogen-bond acceptors (Lipinski definition) is 6. The van der Waals surface area contributed by atoms with Crippen LogP contribution in [0.5, 0.6) is 5.75 Å². The molecule has 140 valence electrons. The molecule has 2 heterocycles. The molecule has 0 atom stereocenters. The van der Waals surface area contributed by atoms with Crippen molar-refractivity contribution in [3.63, 3.8) is 0 Å². The molecule has 2 aromatic carbocycles. The smallest absolute Gasteiger partial charge is 0.255 e. The van der Waals surface area contributed by atoms with Gasteiger partial charge in [0.25, 0.3) is 5.91 Å². The Balaban J connectivity index is 1.52. The monoisotopic (exact) mass is 382 g/mol. The number of fused-ring (bicyclic) bond motifs is 1. The van der Waals surface area contributed by atoms with Crippen LogP contribution in [0.3, 0.4) is 0 Å². The van der Waals surface area contributed by atoms with Crippen molar-refractivity contribution in [2.45, 2.75) is 0 Å². The average molecular weight is 382 g/mol. The molecule has 1 amide bonds. The van der Waals surface area contributed by atoms with Crippen molar-refractivity contribution < 1.29 is 9.53 Å². The summed E-state index contributed by atoms with van der Waals surface area (Å²) < 4.78 is 6.26. The molecular formula is C20H22N4O2S. The van der Waals surface area contributed by atoms with Crippen molar-refractivity contribution in [3.05, 3.63) is 48.0 Å². The number of carbonyl (C=O) groups excluding carboxylic acids is 1. The molecule has 1 aromatic heterocycles. The molecule has 3 aromatic rings. The first-order valence-corrected chi connectivity index (χ1v) is 9.73. The standard InChI is InChI=1S/C20H22N4O2S/c1-23-8-10-24(11-9-23)20-22-17-7-6-15(13-18(17)27-20)21-19(25)14-4-3-5-16(12-14)26-2/h3-7,12-13H,8-11H2,1-2H3,(H,21,25). The van der Waals surface area contributed by atoms with Crippen molar-refractivity contribution in [3.8, 4) is 5.75 Å². The van der Waals surface area contributed by atoms with E-state index in [0.29, 0.717) is 11.3 Å². The van der Waals surface area contributed by atoms with E-state index in [0.717, 1.165) is 47.2 Å². The minimum absolute atomic E-state index is 0.156. The Morgan fingerprint density at radius 2 is 1.96 bits per heavy atom. The number of anilines is 2. The summed E-state index contributed by atoms with van der Waals surface area (Å²) in [7, 11) is 3.74. The van der Waals surface area contributed by atoms with Crippen LogP contribution in [0, 0.1) is 0 Å². The zero-order valence-electron chi connectivity index (χ0n) is 15.4. The average Bonchev–Trinajstić information content (AvgIpc) is 3.12. The van der Waals surface area contributed by atoms with Crippen molar-refractivity contribution in [2.75, 3.05) is 50.6 Å². The van der Waals surface area contributed by atoms with Gasteiger partial charge in [-0.3, -0.25) is 4.79 Å². The van der Waals surface area contributed by atoms with Crippen molar-refractivity contribution >= 4 is 38.3 Å². The maximum atomic E-state index is 12.5. The van der Waals surface area contributed by atoms with E-state index in [9.17, 15) is 4.79 Å². The summed E-state index contributed by atoms with van der Waals surface area (Å²) in [5.41, 5.74) is 2.30. The molecule has 1 fully saturated rings. The Labute approximate surface area is 162 Å². The van der Waals surface area contributed by atoms with E-state index < -0.39 is 0 Å². The van der Waals surface area contributed by atoms with Crippen LogP contribution in [0.4, 0.5) is 10.8 Å². The maximum absolute atomic E-state index is 12.5. The van der Waals surface area contributed by atoms with E-state index in [4.69, 9.17) is 9.72 Å². The van der Waals surface area contributed by atoms with E-state index in [1.807, 2.05) is 30.3 Å². The number of nitrogens with zero attached hydrogens (tertiary/aromatic N) is 3. The zero-order chi connectivity index (χ0) is 18.8. The van der Waals surface area contributed by atoms with E-state index >= 15 is 0 Å². The van der Waals surface area contributed by atoms with Crippen molar-refractivity contribution in [1.82, 2.24) is 9.88 Å². The van der Waals surface area contributed by atoms with E-state index in [1.54, 1.807) is 30.6 Å². The van der Waals surface area contributed by atoms with Crippen LogP contribution in [0.15, 0.2) is 42.5 Å². The summed E-state index contributed by atoms with van der Waals surface area (Å²) in [5, 5.41) is 4.01. The van der Waals surface area contributed by atoms with Crippen LogP contribution >= 0.6 is 11.3 Å². The second-order valence-electron chi connectivity index (χ2n) is 6.66. The lowest BCUT2D eigenvalue weighted by atomic mass is 10.2. The number of amides is 1. The van der Waals surface area contributed by atoms with Gasteiger partial charge in [0.05, 0.1) is 17.3 Å². The Bertz CT molecular complexity index is 964. The van der Waals surface area contributed by atoms with Crippen LogP contribution in [0.2, 0.25) is 0 Å². The van der Waals surface area contributed by atoms with Gasteiger partial charge in [-0.1, -0.05) is 17.4 Å². The molecule has 1 aliphatic rings. The highest BCUT2D eigenvalue weighted by Gasteiger charge is 2.18. The predicted molar refractivity (Wildman–Crippen MR) is 110 cm³/mol. The molecule has 7 heteroatoms. The SMILES string of the molecule is COc1cccc(C(=O)Nc2ccc3nc(N4CCN(C)CC4)sc3c2)c1. The summed E-state index contributed by atoms with van der Waals surface area (Å²) >= 11 is 1.67. The molecule has 1 N–H and O–H groups in total. The number of piperazine rings is 1. The van der Waals surface area contributed by atoms with Crippen molar-refractivity contribution in [1.29, 1.82) is 0 Å². The Morgan fingerprint density at radius 1 is 1.15 bits per heavy atom. The highest BCUT2D eigenvalue weighted by Crippen LogP contribution is 2.31. The third-order valence-electron chi connectivity index (χ3n) is 4.74. The second kappa shape index (κ2) is 7.54. The van der Waals surface area contributed by atoms with Crippen LogP contribution in [0.25, 0.3) is 10.2 Å². The number of methoxy groups -OCH3 is 1. The minimum atomic E-state index is -0.156. The molecular weight excluding hydrogens is 360 g/mol. The number of hydrogen-bond donors (Lipinski definition) is 1. The predicted octanol–water partition coefficient (Wildman–Crippen LogP) is 3.31. The topological polar surface area (TPSA) is 57.7 Å². The molecule has 0 aliphatic carbocycles. The van der Waals surface area contributed by atoms with Gasteiger partial charge in [-0.05, 0) is 43.4 Å². The zero-order valence-corrected chi connectivity index (χ0v) is 16.3. The Morgan fingerprint density at radius 3 is 2.74 bits per heavy atom. The summed E-state index contributed by atoms with van der Waals surface area (Å²) in [4.78, 5) is 21.9. The first-order valence-electron chi connectivity index (χ1n) is 8.92. The number of nitrogens with one attached hydrogen (secondary N) is 1. The van der Waals surface area contributed by atoms with E-state index in [1.165, 1.54) is 0 Å². The fourth-order valence-electron chi connectivity index (χ4n) is 3.09. The molecule has 0 bridgehead atoms. The molecule has 0 unspecified atom stereocenters. The highest BCUT2D eigenvalue weighted by molar-refractivity contribution is 7.22. The Kier molecular flexibility index (Phi) is 4.96. The lowest BCUT2D eigenvalue weighted by Gasteiger charge is -2.31. The van der Waals surface area contributed by atoms with Gasteiger partial charge in [-0.2, -0.15) is 0 Å². The van der Waals surface area contributed by atoms with Gasteiger partial charge in [0.1, 0.15) is 5.75 Å². The molecule has 1 saturated heterocycles. The number of carbonyl (C=O) groups is 1. The van der Waals surface area contributed by atoms with Gasteiger partial charge >= 0.3 is 0 Å². The lowest BCUT2D eigenvalue weighted by Crippen LogP contribution is -2.44. The largest absolute Gasteiger partial charge is 0.497 e. The number of rotatable bonds is 4. The molecule has 0 saturated carbocycles. The normalized spacial score (nSPS) is 15.1. The molecule has 0 radical (unpaired) electrons. The van der Waals surface area contributed by atoms with E-state index in [-0.39, 0.29) is 5.91 Å². The second-order valence-corrected chi connectivity index (χ2v) is 7.66. The molecule has 27 heavy (non-hydrogen) atoms. The van der Waals surface area contributed by atoms with Gasteiger partial charge in [0.2, 0.25) is 0 Å². The first kappa shape index (κ1) is 17.8. The van der Waals surface area contributed by atoms with Gasteiger partial charge in [0, 0.05) is 37.4 Å². The summed E-state index contributed by atoms with van der Waals surface area (Å²) in [6, 6.07) is 13.0. The van der Waals surface area contributed by atoms with Gasteiger partial charge < -0.3 is 19.9 Å². The fourth-order valence-corrected chi connectivity index (χ4v) is 4.15. The maximum Gasteiger partial charge on any atom is 0.255 e. The fraction of sp³-hybridized carbons (Fsp3) is 0.300. The number of benzene rings is 2. The van der Waals surface area contributed by atoms with Crippen LogP contribution in [-0.2, 0) is 0 Å². The molecule has 0 spiro atoms. The van der Waals surface area contributed by atoms with Crippen LogP contribution in [-0.4, -0.2) is 56.1 Å².